The number of hydrogen-bond donors (Lipinski definition) is 0. The van der Waals surface area contributed by atoms with Gasteiger partial charge in [0.2, 0.25) is 0 Å². The Bertz CT molecular complexity index is 459. The maximum absolute atomic E-state index is 11.2. The Balaban J connectivity index is 2.83. The molecular weight excluding hydrogens is 248 g/mol. The lowest BCUT2D eigenvalue weighted by molar-refractivity contribution is -0.140. The molecule has 1 aromatic rings. The molecule has 102 valence electrons. The molecule has 1 rings (SSSR count). The van der Waals surface area contributed by atoms with Crippen LogP contribution in [0.3, 0.4) is 0 Å². The number of nitrogens with zero attached hydrogens (tertiary/aromatic N) is 4. The second-order valence-corrected chi connectivity index (χ2v) is 3.69. The molecule has 0 aliphatic carbocycles. The van der Waals surface area contributed by atoms with E-state index in [0.717, 1.165) is 0 Å². The molecule has 0 spiro atoms. The number of carbonyl (C=O) groups excluding carboxylic acids is 1. The van der Waals surface area contributed by atoms with Crippen molar-refractivity contribution in [3.63, 3.8) is 0 Å². The fraction of sp³-hybridized carbons (Fsp3) is 0.500. The van der Waals surface area contributed by atoms with E-state index in [1.807, 2.05) is 0 Å². The van der Waals surface area contributed by atoms with Crippen LogP contribution in [0.5, 0.6) is 0 Å². The molecule has 0 bridgehead atoms. The van der Waals surface area contributed by atoms with E-state index < -0.39 is 0 Å². The molecule has 0 N–H and O–H groups in total. The van der Waals surface area contributed by atoms with Crippen LogP contribution in [0.1, 0.15) is 12.0 Å². The summed E-state index contributed by atoms with van der Waals surface area (Å²) >= 11 is 0. The fourth-order valence-electron chi connectivity index (χ4n) is 1.50. The van der Waals surface area contributed by atoms with Crippen LogP contribution in [-0.2, 0) is 14.3 Å². The minimum atomic E-state index is -0.315. The van der Waals surface area contributed by atoms with Crippen molar-refractivity contribution in [3.8, 4) is 6.07 Å². The van der Waals surface area contributed by atoms with Crippen molar-refractivity contribution < 1.29 is 14.3 Å². The molecule has 0 amide bonds. The van der Waals surface area contributed by atoms with Gasteiger partial charge in [-0.05, 0) is 6.07 Å². The molecule has 19 heavy (non-hydrogen) atoms. The van der Waals surface area contributed by atoms with Gasteiger partial charge < -0.3 is 14.4 Å². The second-order valence-electron chi connectivity index (χ2n) is 3.69. The molecule has 7 heteroatoms. The van der Waals surface area contributed by atoms with E-state index in [0.29, 0.717) is 31.1 Å². The van der Waals surface area contributed by atoms with Crippen LogP contribution in [0.4, 0.5) is 5.82 Å². The number of ether oxygens (including phenoxy) is 2. The molecule has 0 aromatic carbocycles. The van der Waals surface area contributed by atoms with Gasteiger partial charge in [0.15, 0.2) is 5.82 Å². The number of anilines is 1. The summed E-state index contributed by atoms with van der Waals surface area (Å²) in [4.78, 5) is 13.0. The summed E-state index contributed by atoms with van der Waals surface area (Å²) in [7, 11) is 2.92. The number of methoxy groups -OCH3 is 2. The van der Waals surface area contributed by atoms with E-state index in [2.05, 4.69) is 21.0 Å². The first-order valence-corrected chi connectivity index (χ1v) is 5.75. The highest BCUT2D eigenvalue weighted by Gasteiger charge is 2.14. The number of aromatic nitrogens is 2. The zero-order valence-electron chi connectivity index (χ0n) is 11.0. The lowest BCUT2D eigenvalue weighted by Gasteiger charge is -2.22. The van der Waals surface area contributed by atoms with Gasteiger partial charge in [0.05, 0.1) is 31.9 Å². The van der Waals surface area contributed by atoms with E-state index in [1.165, 1.54) is 13.3 Å². The summed E-state index contributed by atoms with van der Waals surface area (Å²) in [6, 6.07) is 3.64. The normalized spacial score (nSPS) is 9.74. The summed E-state index contributed by atoms with van der Waals surface area (Å²) in [6.07, 6.45) is 1.67. The summed E-state index contributed by atoms with van der Waals surface area (Å²) in [5.74, 6) is 0.135. The van der Waals surface area contributed by atoms with Gasteiger partial charge in [-0.3, -0.25) is 4.79 Å². The first-order valence-electron chi connectivity index (χ1n) is 5.75. The lowest BCUT2D eigenvalue weighted by atomic mass is 10.2. The second kappa shape index (κ2) is 8.00. The van der Waals surface area contributed by atoms with Crippen LogP contribution < -0.4 is 4.90 Å². The highest BCUT2D eigenvalue weighted by Crippen LogP contribution is 2.15. The van der Waals surface area contributed by atoms with Gasteiger partial charge in [-0.15, -0.1) is 5.10 Å². The molecule has 0 radical (unpaired) electrons. The van der Waals surface area contributed by atoms with Gasteiger partial charge in [-0.25, -0.2) is 0 Å². The lowest BCUT2D eigenvalue weighted by Crippen LogP contribution is -2.31. The van der Waals surface area contributed by atoms with Crippen molar-refractivity contribution in [3.05, 3.63) is 17.8 Å². The molecule has 0 unspecified atom stereocenters. The number of nitriles is 1. The minimum Gasteiger partial charge on any atom is -0.469 e. The molecule has 1 heterocycles. The van der Waals surface area contributed by atoms with Gasteiger partial charge >= 0.3 is 5.97 Å². The number of hydrogen-bond acceptors (Lipinski definition) is 7. The Morgan fingerprint density at radius 3 is 2.89 bits per heavy atom. The summed E-state index contributed by atoms with van der Waals surface area (Å²) in [5.41, 5.74) is 0.413. The zero-order chi connectivity index (χ0) is 14.1. The predicted octanol–water partition coefficient (Wildman–Crippen LogP) is 0.364. The smallest absolute Gasteiger partial charge is 0.307 e. The third kappa shape index (κ3) is 4.52. The standard InChI is InChI=1S/C12H16N4O3/c1-18-8-7-16(6-4-11(17)19-2)12-10(9-13)3-5-14-15-12/h3,5H,4,6-8H2,1-2H3. The fourth-order valence-corrected chi connectivity index (χ4v) is 1.50. The van der Waals surface area contributed by atoms with Crippen LogP contribution >= 0.6 is 0 Å². The zero-order valence-corrected chi connectivity index (χ0v) is 11.0. The van der Waals surface area contributed by atoms with Gasteiger partial charge in [-0.2, -0.15) is 10.4 Å². The molecule has 0 aliphatic heterocycles. The average Bonchev–Trinajstić information content (AvgIpc) is 2.47. The molecule has 0 aliphatic rings. The van der Waals surface area contributed by atoms with Crippen LogP contribution in [0.25, 0.3) is 0 Å². The molecule has 1 aromatic heterocycles. The predicted molar refractivity (Wildman–Crippen MR) is 67.5 cm³/mol. The van der Waals surface area contributed by atoms with E-state index >= 15 is 0 Å². The largest absolute Gasteiger partial charge is 0.469 e. The number of rotatable bonds is 7. The topological polar surface area (TPSA) is 88.3 Å². The summed E-state index contributed by atoms with van der Waals surface area (Å²) < 4.78 is 9.61. The maximum atomic E-state index is 11.2. The SMILES string of the molecule is COCCN(CCC(=O)OC)c1nnccc1C#N. The van der Waals surface area contributed by atoms with Crippen molar-refractivity contribution in [1.29, 1.82) is 5.26 Å². The molecule has 0 atom stereocenters. The van der Waals surface area contributed by atoms with E-state index in [4.69, 9.17) is 10.00 Å². The van der Waals surface area contributed by atoms with Crippen molar-refractivity contribution in [2.75, 3.05) is 38.8 Å². The Morgan fingerprint density at radius 2 is 2.26 bits per heavy atom. The van der Waals surface area contributed by atoms with Crippen molar-refractivity contribution in [2.45, 2.75) is 6.42 Å². The monoisotopic (exact) mass is 264 g/mol. The Kier molecular flexibility index (Phi) is 6.26. The van der Waals surface area contributed by atoms with Crippen molar-refractivity contribution in [2.24, 2.45) is 0 Å². The maximum Gasteiger partial charge on any atom is 0.307 e. The average molecular weight is 264 g/mol. The Labute approximate surface area is 111 Å². The first kappa shape index (κ1) is 14.9. The van der Waals surface area contributed by atoms with Gasteiger partial charge in [0.1, 0.15) is 6.07 Å². The van der Waals surface area contributed by atoms with E-state index in [-0.39, 0.29) is 12.4 Å². The van der Waals surface area contributed by atoms with Gasteiger partial charge in [0.25, 0.3) is 0 Å². The minimum absolute atomic E-state index is 0.210. The number of esters is 1. The quantitative estimate of drug-likeness (QED) is 0.657. The van der Waals surface area contributed by atoms with E-state index in [1.54, 1.807) is 18.1 Å². The Hall–Kier alpha value is -2.20. The molecule has 7 nitrogen and oxygen atoms in total. The van der Waals surface area contributed by atoms with Crippen LogP contribution in [0, 0.1) is 11.3 Å². The first-order chi connectivity index (χ1) is 9.22. The van der Waals surface area contributed by atoms with Crippen molar-refractivity contribution >= 4 is 11.8 Å². The van der Waals surface area contributed by atoms with Crippen LogP contribution in [-0.4, -0.2) is 50.1 Å². The molecule has 0 saturated heterocycles. The van der Waals surface area contributed by atoms with Crippen molar-refractivity contribution in [1.82, 2.24) is 10.2 Å². The summed E-state index contributed by atoms with van der Waals surface area (Å²) in [6.45, 7) is 1.37. The molecular formula is C12H16N4O3. The highest BCUT2D eigenvalue weighted by molar-refractivity contribution is 5.70. The molecule has 0 fully saturated rings. The summed E-state index contributed by atoms with van der Waals surface area (Å²) in [5, 5.41) is 16.8. The van der Waals surface area contributed by atoms with Gasteiger partial charge in [0, 0.05) is 20.2 Å². The third-order valence-corrected chi connectivity index (χ3v) is 2.50. The van der Waals surface area contributed by atoms with Crippen LogP contribution in [0.15, 0.2) is 12.3 Å². The third-order valence-electron chi connectivity index (χ3n) is 2.50. The van der Waals surface area contributed by atoms with Gasteiger partial charge in [-0.1, -0.05) is 0 Å². The highest BCUT2D eigenvalue weighted by atomic mass is 16.5. The van der Waals surface area contributed by atoms with Crippen LogP contribution in [0.2, 0.25) is 0 Å². The van der Waals surface area contributed by atoms with E-state index in [9.17, 15) is 4.79 Å². The Morgan fingerprint density at radius 1 is 1.47 bits per heavy atom. The molecule has 0 saturated carbocycles. The number of carbonyl (C=O) groups is 1.